The third-order valence-corrected chi connectivity index (χ3v) is 4.45. The number of hydrogen-bond donors (Lipinski definition) is 1. The Morgan fingerprint density at radius 1 is 1.25 bits per heavy atom. The maximum absolute atomic E-state index is 11.9. The highest BCUT2D eigenvalue weighted by Crippen LogP contribution is 2.30. The highest BCUT2D eigenvalue weighted by Gasteiger charge is 2.21. The van der Waals surface area contributed by atoms with Gasteiger partial charge in [0.1, 0.15) is 5.60 Å². The Labute approximate surface area is 143 Å². The number of nitrogens with one attached hydrogen (secondary N) is 1. The molecule has 0 aliphatic carbocycles. The van der Waals surface area contributed by atoms with Crippen molar-refractivity contribution in [3.05, 3.63) is 35.0 Å². The molecule has 2 heterocycles. The van der Waals surface area contributed by atoms with Crippen molar-refractivity contribution in [2.45, 2.75) is 52.9 Å². The van der Waals surface area contributed by atoms with Crippen LogP contribution in [0.15, 0.2) is 18.3 Å². The van der Waals surface area contributed by atoms with Crippen LogP contribution in [0.1, 0.15) is 44.4 Å². The van der Waals surface area contributed by atoms with E-state index >= 15 is 0 Å². The van der Waals surface area contributed by atoms with E-state index in [0.717, 1.165) is 25.2 Å². The lowest BCUT2D eigenvalue weighted by Crippen LogP contribution is -2.32. The maximum Gasteiger partial charge on any atom is 0.407 e. The number of aromatic nitrogens is 1. The van der Waals surface area contributed by atoms with Gasteiger partial charge in [0.05, 0.1) is 0 Å². The summed E-state index contributed by atoms with van der Waals surface area (Å²) in [5, 5.41) is 4.08. The van der Waals surface area contributed by atoms with Gasteiger partial charge in [-0.05, 0) is 56.1 Å². The first-order chi connectivity index (χ1) is 11.3. The zero-order valence-corrected chi connectivity index (χ0v) is 15.3. The Hall–Kier alpha value is -2.01. The van der Waals surface area contributed by atoms with Crippen molar-refractivity contribution in [1.82, 2.24) is 14.8 Å². The minimum absolute atomic E-state index is 0.377. The van der Waals surface area contributed by atoms with E-state index in [1.807, 2.05) is 20.8 Å². The smallest absolute Gasteiger partial charge is 0.407 e. The van der Waals surface area contributed by atoms with Crippen molar-refractivity contribution in [3.63, 3.8) is 0 Å². The minimum Gasteiger partial charge on any atom is -0.444 e. The average Bonchev–Trinajstić information content (AvgIpc) is 3.02. The Morgan fingerprint density at radius 2 is 1.92 bits per heavy atom. The summed E-state index contributed by atoms with van der Waals surface area (Å²) in [6.07, 6.45) is 1.72. The second-order valence-corrected chi connectivity index (χ2v) is 7.56. The zero-order valence-electron chi connectivity index (χ0n) is 15.3. The molecule has 1 aliphatic rings. The highest BCUT2D eigenvalue weighted by atomic mass is 16.6. The summed E-state index contributed by atoms with van der Waals surface area (Å²) < 4.78 is 7.45. The van der Waals surface area contributed by atoms with Gasteiger partial charge in [-0.2, -0.15) is 0 Å². The number of hydrogen-bond acceptors (Lipinski definition) is 3. The molecule has 5 heteroatoms. The fraction of sp³-hybridized carbons (Fsp3) is 0.526. The van der Waals surface area contributed by atoms with E-state index in [-0.39, 0.29) is 6.09 Å². The second-order valence-electron chi connectivity index (χ2n) is 7.56. The molecule has 0 bridgehead atoms. The second kappa shape index (κ2) is 6.13. The van der Waals surface area contributed by atoms with E-state index in [1.165, 1.54) is 22.0 Å². The Bertz CT molecular complexity index is 771. The zero-order chi connectivity index (χ0) is 17.5. The summed E-state index contributed by atoms with van der Waals surface area (Å²) in [5.74, 6) is 0. The predicted octanol–water partition coefficient (Wildman–Crippen LogP) is 3.54. The molecule has 0 spiro atoms. The number of ether oxygens (including phenoxy) is 1. The molecular formula is C19H27N3O2. The number of nitrogens with zero attached hydrogens (tertiary/aromatic N) is 2. The van der Waals surface area contributed by atoms with E-state index in [1.54, 1.807) is 0 Å². The molecular weight excluding hydrogens is 302 g/mol. The van der Waals surface area contributed by atoms with Gasteiger partial charge in [0.2, 0.25) is 0 Å². The average molecular weight is 329 g/mol. The van der Waals surface area contributed by atoms with Crippen LogP contribution in [-0.2, 0) is 31.4 Å². The number of alkyl carbamates (subject to hydrolysis) is 1. The first kappa shape index (κ1) is 16.8. The van der Waals surface area contributed by atoms with E-state index in [4.69, 9.17) is 4.74 Å². The molecule has 1 aromatic heterocycles. The van der Waals surface area contributed by atoms with E-state index < -0.39 is 5.60 Å². The molecule has 0 radical (unpaired) electrons. The number of carbonyl (C=O) groups excluding carboxylic acids is 1. The highest BCUT2D eigenvalue weighted by molar-refractivity contribution is 5.86. The number of amides is 1. The molecule has 3 rings (SSSR count). The van der Waals surface area contributed by atoms with Crippen molar-refractivity contribution in [1.29, 1.82) is 0 Å². The monoisotopic (exact) mass is 329 g/mol. The molecule has 0 saturated heterocycles. The van der Waals surface area contributed by atoms with Gasteiger partial charge in [0.25, 0.3) is 0 Å². The SMILES string of the molecule is CCN1Cc2cc3c(CNC(=O)OC(C)(C)C)cn(C)c3cc2C1. The van der Waals surface area contributed by atoms with E-state index in [9.17, 15) is 4.79 Å². The predicted molar refractivity (Wildman–Crippen MR) is 95.8 cm³/mol. The van der Waals surface area contributed by atoms with Gasteiger partial charge in [0.15, 0.2) is 0 Å². The molecule has 0 saturated carbocycles. The molecule has 1 amide bonds. The molecule has 130 valence electrons. The summed E-state index contributed by atoms with van der Waals surface area (Å²) in [5.41, 5.74) is 4.67. The Balaban J connectivity index is 1.81. The molecule has 1 aliphatic heterocycles. The molecule has 0 atom stereocenters. The van der Waals surface area contributed by atoms with Crippen LogP contribution in [0.2, 0.25) is 0 Å². The number of rotatable bonds is 3. The van der Waals surface area contributed by atoms with Gasteiger partial charge in [-0.3, -0.25) is 4.90 Å². The quantitative estimate of drug-likeness (QED) is 0.937. The lowest BCUT2D eigenvalue weighted by molar-refractivity contribution is 0.0524. The van der Waals surface area contributed by atoms with Gasteiger partial charge in [-0.15, -0.1) is 0 Å². The van der Waals surface area contributed by atoms with Crippen LogP contribution in [0.4, 0.5) is 4.79 Å². The number of fused-ring (bicyclic) bond motifs is 2. The lowest BCUT2D eigenvalue weighted by Gasteiger charge is -2.19. The van der Waals surface area contributed by atoms with Crippen molar-refractivity contribution >= 4 is 17.0 Å². The summed E-state index contributed by atoms with van der Waals surface area (Å²) in [6, 6.07) is 4.57. The first-order valence-electron chi connectivity index (χ1n) is 8.55. The molecule has 2 aromatic rings. The Kier molecular flexibility index (Phi) is 4.30. The van der Waals surface area contributed by atoms with Crippen molar-refractivity contribution in [2.24, 2.45) is 7.05 Å². The van der Waals surface area contributed by atoms with Gasteiger partial charge < -0.3 is 14.6 Å². The summed E-state index contributed by atoms with van der Waals surface area (Å²) >= 11 is 0. The fourth-order valence-corrected chi connectivity index (χ4v) is 3.28. The minimum atomic E-state index is -0.479. The summed E-state index contributed by atoms with van der Waals surface area (Å²) in [7, 11) is 2.05. The molecule has 0 fully saturated rings. The lowest BCUT2D eigenvalue weighted by atomic mass is 10.1. The summed E-state index contributed by atoms with van der Waals surface area (Å²) in [6.45, 7) is 11.4. The van der Waals surface area contributed by atoms with E-state index in [0.29, 0.717) is 6.54 Å². The van der Waals surface area contributed by atoms with Crippen LogP contribution < -0.4 is 5.32 Å². The van der Waals surface area contributed by atoms with Gasteiger partial charge in [0, 0.05) is 43.8 Å². The maximum atomic E-state index is 11.9. The van der Waals surface area contributed by atoms with Crippen LogP contribution in [0.3, 0.4) is 0 Å². The summed E-state index contributed by atoms with van der Waals surface area (Å²) in [4.78, 5) is 14.3. The van der Waals surface area contributed by atoms with Gasteiger partial charge in [-0.25, -0.2) is 4.79 Å². The van der Waals surface area contributed by atoms with E-state index in [2.05, 4.69) is 47.1 Å². The largest absolute Gasteiger partial charge is 0.444 e. The molecule has 0 unspecified atom stereocenters. The van der Waals surface area contributed by atoms with Gasteiger partial charge >= 0.3 is 6.09 Å². The third kappa shape index (κ3) is 3.41. The standard InChI is InChI=1S/C19H27N3O2/c1-6-22-11-13-7-16-15(9-20-18(23)24-19(2,3)4)10-21(5)17(16)8-14(13)12-22/h7-8,10H,6,9,11-12H2,1-5H3,(H,20,23). The molecule has 1 N–H and O–H groups in total. The topological polar surface area (TPSA) is 46.5 Å². The van der Waals surface area contributed by atoms with Crippen LogP contribution in [0, 0.1) is 0 Å². The van der Waals surface area contributed by atoms with Crippen molar-refractivity contribution in [2.75, 3.05) is 6.54 Å². The molecule has 1 aromatic carbocycles. The van der Waals surface area contributed by atoms with Crippen LogP contribution in [-0.4, -0.2) is 27.7 Å². The Morgan fingerprint density at radius 3 is 2.54 bits per heavy atom. The van der Waals surface area contributed by atoms with Crippen LogP contribution in [0.5, 0.6) is 0 Å². The normalized spacial score (nSPS) is 14.9. The van der Waals surface area contributed by atoms with Gasteiger partial charge in [-0.1, -0.05) is 6.92 Å². The molecule has 24 heavy (non-hydrogen) atoms. The van der Waals surface area contributed by atoms with Crippen LogP contribution >= 0.6 is 0 Å². The number of carbonyl (C=O) groups is 1. The molecule has 5 nitrogen and oxygen atoms in total. The van der Waals surface area contributed by atoms with Crippen molar-refractivity contribution in [3.8, 4) is 0 Å². The van der Waals surface area contributed by atoms with Crippen LogP contribution in [0.25, 0.3) is 10.9 Å². The number of aryl methyl sites for hydroxylation is 1. The van der Waals surface area contributed by atoms with Crippen molar-refractivity contribution < 1.29 is 9.53 Å². The first-order valence-corrected chi connectivity index (χ1v) is 8.55. The fourth-order valence-electron chi connectivity index (χ4n) is 3.28. The number of benzene rings is 1. The third-order valence-electron chi connectivity index (χ3n) is 4.45.